The molecule has 0 amide bonds. The lowest BCUT2D eigenvalue weighted by molar-refractivity contribution is 0.0959. The highest BCUT2D eigenvalue weighted by Gasteiger charge is 2.28. The standard InChI is InChI=1S/C10H14N2OS/c1-10(2,14-3)8(13)7-5-4-6-12-9(7)11/h4-6H,1-3H3,(H2,11,12). The third-order valence-electron chi connectivity index (χ3n) is 2.14. The number of anilines is 1. The Kier molecular flexibility index (Phi) is 3.16. The van der Waals surface area contributed by atoms with Crippen LogP contribution in [-0.4, -0.2) is 21.8 Å². The van der Waals surface area contributed by atoms with Gasteiger partial charge in [-0.05, 0) is 32.2 Å². The van der Waals surface area contributed by atoms with E-state index in [9.17, 15) is 4.79 Å². The van der Waals surface area contributed by atoms with E-state index in [1.165, 1.54) is 11.8 Å². The van der Waals surface area contributed by atoms with Crippen molar-refractivity contribution in [3.63, 3.8) is 0 Å². The number of thioether (sulfide) groups is 1. The Balaban J connectivity index is 3.07. The molecule has 0 spiro atoms. The van der Waals surface area contributed by atoms with Crippen LogP contribution >= 0.6 is 11.8 Å². The zero-order valence-corrected chi connectivity index (χ0v) is 9.39. The van der Waals surface area contributed by atoms with Gasteiger partial charge in [0.25, 0.3) is 0 Å². The van der Waals surface area contributed by atoms with Crippen LogP contribution in [0.15, 0.2) is 18.3 Å². The van der Waals surface area contributed by atoms with Crippen molar-refractivity contribution in [1.82, 2.24) is 4.98 Å². The molecule has 4 heteroatoms. The van der Waals surface area contributed by atoms with Gasteiger partial charge in [0, 0.05) is 6.20 Å². The molecule has 1 heterocycles. The molecule has 14 heavy (non-hydrogen) atoms. The molecule has 1 aromatic heterocycles. The first-order chi connectivity index (χ1) is 6.49. The van der Waals surface area contributed by atoms with Crippen LogP contribution < -0.4 is 5.73 Å². The second-order valence-electron chi connectivity index (χ2n) is 3.48. The van der Waals surface area contributed by atoms with Crippen molar-refractivity contribution in [1.29, 1.82) is 0 Å². The third-order valence-corrected chi connectivity index (χ3v) is 3.35. The number of pyridine rings is 1. The first-order valence-corrected chi connectivity index (χ1v) is 5.52. The number of nitrogens with zero attached hydrogens (tertiary/aromatic N) is 1. The summed E-state index contributed by atoms with van der Waals surface area (Å²) in [5, 5.41) is 0. The van der Waals surface area contributed by atoms with E-state index in [1.54, 1.807) is 18.3 Å². The van der Waals surface area contributed by atoms with Crippen LogP contribution in [0.2, 0.25) is 0 Å². The van der Waals surface area contributed by atoms with Gasteiger partial charge in [-0.25, -0.2) is 4.98 Å². The number of nitrogens with two attached hydrogens (primary N) is 1. The zero-order valence-electron chi connectivity index (χ0n) is 8.57. The fraction of sp³-hybridized carbons (Fsp3) is 0.400. The van der Waals surface area contributed by atoms with Crippen LogP contribution in [0.3, 0.4) is 0 Å². The smallest absolute Gasteiger partial charge is 0.181 e. The molecule has 0 aromatic carbocycles. The van der Waals surface area contributed by atoms with Crippen LogP contribution in [0.25, 0.3) is 0 Å². The van der Waals surface area contributed by atoms with E-state index in [0.717, 1.165) is 0 Å². The van der Waals surface area contributed by atoms with Gasteiger partial charge in [-0.15, -0.1) is 0 Å². The van der Waals surface area contributed by atoms with Crippen LogP contribution in [0.1, 0.15) is 24.2 Å². The molecule has 0 bridgehead atoms. The molecule has 1 rings (SSSR count). The van der Waals surface area contributed by atoms with E-state index in [1.807, 2.05) is 20.1 Å². The largest absolute Gasteiger partial charge is 0.383 e. The topological polar surface area (TPSA) is 56.0 Å². The number of carbonyl (C=O) groups is 1. The highest BCUT2D eigenvalue weighted by molar-refractivity contribution is 8.00. The molecular formula is C10H14N2OS. The zero-order chi connectivity index (χ0) is 10.8. The number of rotatable bonds is 3. The molecule has 0 aliphatic rings. The van der Waals surface area contributed by atoms with E-state index in [2.05, 4.69) is 4.98 Å². The predicted molar refractivity (Wildman–Crippen MR) is 60.6 cm³/mol. The molecule has 0 saturated heterocycles. The van der Waals surface area contributed by atoms with Crippen molar-refractivity contribution in [3.05, 3.63) is 23.9 Å². The lowest BCUT2D eigenvalue weighted by Gasteiger charge is -2.20. The fourth-order valence-corrected chi connectivity index (χ4v) is 1.32. The summed E-state index contributed by atoms with van der Waals surface area (Å²) in [4.78, 5) is 15.9. The lowest BCUT2D eigenvalue weighted by Crippen LogP contribution is -2.28. The fourth-order valence-electron chi connectivity index (χ4n) is 1.03. The Morgan fingerprint density at radius 1 is 1.57 bits per heavy atom. The minimum absolute atomic E-state index is 0.0237. The summed E-state index contributed by atoms with van der Waals surface area (Å²) in [6, 6.07) is 3.43. The van der Waals surface area contributed by atoms with Gasteiger partial charge in [-0.2, -0.15) is 11.8 Å². The van der Waals surface area contributed by atoms with Crippen molar-refractivity contribution in [3.8, 4) is 0 Å². The van der Waals surface area contributed by atoms with Gasteiger partial charge < -0.3 is 5.73 Å². The van der Waals surface area contributed by atoms with Gasteiger partial charge in [0.05, 0.1) is 10.3 Å². The molecule has 2 N–H and O–H groups in total. The minimum atomic E-state index is -0.447. The van der Waals surface area contributed by atoms with Crippen LogP contribution in [0, 0.1) is 0 Å². The van der Waals surface area contributed by atoms with E-state index >= 15 is 0 Å². The van der Waals surface area contributed by atoms with Crippen molar-refractivity contribution in [2.45, 2.75) is 18.6 Å². The van der Waals surface area contributed by atoms with Crippen LogP contribution in [0.5, 0.6) is 0 Å². The predicted octanol–water partition coefficient (Wildman–Crippen LogP) is 1.99. The summed E-state index contributed by atoms with van der Waals surface area (Å²) in [6.45, 7) is 3.76. The molecule has 0 radical (unpaired) electrons. The van der Waals surface area contributed by atoms with Gasteiger partial charge in [-0.1, -0.05) is 0 Å². The van der Waals surface area contributed by atoms with Crippen LogP contribution in [0.4, 0.5) is 5.82 Å². The Bertz CT molecular complexity index is 350. The van der Waals surface area contributed by atoms with Crippen molar-refractivity contribution < 1.29 is 4.79 Å². The first-order valence-electron chi connectivity index (χ1n) is 4.29. The van der Waals surface area contributed by atoms with Gasteiger partial charge in [0.2, 0.25) is 0 Å². The maximum Gasteiger partial charge on any atom is 0.181 e. The summed E-state index contributed by atoms with van der Waals surface area (Å²) in [5.41, 5.74) is 6.14. The molecular weight excluding hydrogens is 196 g/mol. The van der Waals surface area contributed by atoms with Crippen LogP contribution in [-0.2, 0) is 0 Å². The second kappa shape index (κ2) is 4.00. The Morgan fingerprint density at radius 3 is 2.71 bits per heavy atom. The summed E-state index contributed by atoms with van der Waals surface area (Å²) in [5.74, 6) is 0.329. The second-order valence-corrected chi connectivity index (χ2v) is 4.91. The number of ketones is 1. The Hall–Kier alpha value is -1.03. The minimum Gasteiger partial charge on any atom is -0.383 e. The molecule has 0 atom stereocenters. The number of aromatic nitrogens is 1. The molecule has 0 fully saturated rings. The normalized spacial score (nSPS) is 11.4. The van der Waals surface area contributed by atoms with E-state index in [0.29, 0.717) is 11.4 Å². The van der Waals surface area contributed by atoms with Gasteiger partial charge >= 0.3 is 0 Å². The number of nitrogen functional groups attached to an aromatic ring is 1. The van der Waals surface area contributed by atoms with Crippen molar-refractivity contribution >= 4 is 23.4 Å². The molecule has 0 unspecified atom stereocenters. The van der Waals surface area contributed by atoms with Gasteiger partial charge in [0.15, 0.2) is 5.78 Å². The Labute approximate surface area is 88.1 Å². The SMILES string of the molecule is CSC(C)(C)C(=O)c1cccnc1N. The first kappa shape index (κ1) is 11.0. The molecule has 3 nitrogen and oxygen atoms in total. The Morgan fingerprint density at radius 2 is 2.21 bits per heavy atom. The third kappa shape index (κ3) is 2.07. The van der Waals surface area contributed by atoms with Gasteiger partial charge in [0.1, 0.15) is 5.82 Å². The highest BCUT2D eigenvalue weighted by Crippen LogP contribution is 2.27. The average molecular weight is 210 g/mol. The van der Waals surface area contributed by atoms with E-state index in [-0.39, 0.29) is 5.78 Å². The van der Waals surface area contributed by atoms with Gasteiger partial charge in [-0.3, -0.25) is 4.79 Å². The number of hydrogen-bond donors (Lipinski definition) is 1. The number of Topliss-reactive ketones (excluding diaryl/α,β-unsaturated/α-hetero) is 1. The summed E-state index contributed by atoms with van der Waals surface area (Å²) in [7, 11) is 0. The number of hydrogen-bond acceptors (Lipinski definition) is 4. The summed E-state index contributed by atoms with van der Waals surface area (Å²) >= 11 is 1.51. The number of carbonyl (C=O) groups excluding carboxylic acids is 1. The molecule has 0 aliphatic heterocycles. The van der Waals surface area contributed by atoms with Crippen molar-refractivity contribution in [2.75, 3.05) is 12.0 Å². The maximum absolute atomic E-state index is 12.0. The molecule has 76 valence electrons. The quantitative estimate of drug-likeness (QED) is 0.775. The average Bonchev–Trinajstić information content (AvgIpc) is 2.17. The van der Waals surface area contributed by atoms with E-state index < -0.39 is 4.75 Å². The summed E-state index contributed by atoms with van der Waals surface area (Å²) < 4.78 is -0.447. The monoisotopic (exact) mass is 210 g/mol. The lowest BCUT2D eigenvalue weighted by atomic mass is 10.0. The molecule has 1 aromatic rings. The highest BCUT2D eigenvalue weighted by atomic mass is 32.2. The van der Waals surface area contributed by atoms with Crippen molar-refractivity contribution in [2.24, 2.45) is 0 Å². The maximum atomic E-state index is 12.0. The summed E-state index contributed by atoms with van der Waals surface area (Å²) in [6.07, 6.45) is 3.49. The molecule has 0 aliphatic carbocycles. The van der Waals surface area contributed by atoms with E-state index in [4.69, 9.17) is 5.73 Å². The molecule has 0 saturated carbocycles.